The molecule has 1 N–H and O–H groups in total. The number of carbonyl (C=O) groups is 1. The predicted octanol–water partition coefficient (Wildman–Crippen LogP) is 1.93. The molecule has 3 nitrogen and oxygen atoms in total. The van der Waals surface area contributed by atoms with Crippen LogP contribution in [0.3, 0.4) is 0 Å². The minimum atomic E-state index is -0.858. The summed E-state index contributed by atoms with van der Waals surface area (Å²) >= 11 is 0. The Morgan fingerprint density at radius 2 is 2.13 bits per heavy atom. The van der Waals surface area contributed by atoms with Crippen molar-refractivity contribution in [3.63, 3.8) is 0 Å². The standard InChI is InChI=1S/C12H16O3/c1-3-11(14)8-10-6-4-5-7-12(10)15-9(2)13/h4-7,9,13H,3,8H2,1-2H3. The number of Topliss-reactive ketones (excluding diaryl/α,β-unsaturated/α-hetero) is 1. The Morgan fingerprint density at radius 1 is 1.47 bits per heavy atom. The molecule has 0 saturated carbocycles. The molecule has 1 atom stereocenters. The van der Waals surface area contributed by atoms with Gasteiger partial charge in [0.25, 0.3) is 0 Å². The highest BCUT2D eigenvalue weighted by Gasteiger charge is 2.08. The molecule has 82 valence electrons. The average molecular weight is 208 g/mol. The van der Waals surface area contributed by atoms with Crippen LogP contribution in [0.5, 0.6) is 5.75 Å². The van der Waals surface area contributed by atoms with Gasteiger partial charge in [0.05, 0.1) is 0 Å². The monoisotopic (exact) mass is 208 g/mol. The smallest absolute Gasteiger partial charge is 0.194 e. The summed E-state index contributed by atoms with van der Waals surface area (Å²) < 4.78 is 5.19. The molecule has 0 radical (unpaired) electrons. The van der Waals surface area contributed by atoms with E-state index >= 15 is 0 Å². The third-order valence-electron chi connectivity index (χ3n) is 2.05. The van der Waals surface area contributed by atoms with Gasteiger partial charge in [-0.25, -0.2) is 0 Å². The quantitative estimate of drug-likeness (QED) is 0.752. The zero-order chi connectivity index (χ0) is 11.3. The van der Waals surface area contributed by atoms with Crippen LogP contribution in [0.15, 0.2) is 24.3 Å². The molecule has 0 aliphatic heterocycles. The lowest BCUT2D eigenvalue weighted by Gasteiger charge is -2.12. The summed E-state index contributed by atoms with van der Waals surface area (Å²) in [6.45, 7) is 3.37. The molecule has 0 heterocycles. The number of para-hydroxylation sites is 1. The Hall–Kier alpha value is -1.35. The Kier molecular flexibility index (Phi) is 4.31. The number of ketones is 1. The van der Waals surface area contributed by atoms with Crippen molar-refractivity contribution < 1.29 is 14.6 Å². The van der Waals surface area contributed by atoms with Gasteiger partial charge in [-0.3, -0.25) is 4.79 Å². The van der Waals surface area contributed by atoms with Gasteiger partial charge in [-0.2, -0.15) is 0 Å². The molecule has 0 aliphatic rings. The molecule has 1 unspecified atom stereocenters. The first-order valence-electron chi connectivity index (χ1n) is 5.07. The molecule has 0 amide bonds. The normalized spacial score (nSPS) is 12.2. The summed E-state index contributed by atoms with van der Waals surface area (Å²) in [7, 11) is 0. The van der Waals surface area contributed by atoms with Crippen molar-refractivity contribution in [2.24, 2.45) is 0 Å². The highest BCUT2D eigenvalue weighted by Crippen LogP contribution is 2.19. The van der Waals surface area contributed by atoms with E-state index in [1.54, 1.807) is 13.0 Å². The molecule has 15 heavy (non-hydrogen) atoms. The van der Waals surface area contributed by atoms with Crippen LogP contribution < -0.4 is 4.74 Å². The van der Waals surface area contributed by atoms with Crippen LogP contribution in [-0.4, -0.2) is 17.2 Å². The topological polar surface area (TPSA) is 46.5 Å². The van der Waals surface area contributed by atoms with Crippen LogP contribution in [0.4, 0.5) is 0 Å². The maximum atomic E-state index is 11.3. The van der Waals surface area contributed by atoms with E-state index in [1.165, 1.54) is 0 Å². The van der Waals surface area contributed by atoms with Gasteiger partial charge in [0.1, 0.15) is 11.5 Å². The van der Waals surface area contributed by atoms with E-state index in [1.807, 2.05) is 25.1 Å². The van der Waals surface area contributed by atoms with E-state index < -0.39 is 6.29 Å². The van der Waals surface area contributed by atoms with Crippen molar-refractivity contribution >= 4 is 5.78 Å². The lowest BCUT2D eigenvalue weighted by molar-refractivity contribution is -0.118. The van der Waals surface area contributed by atoms with Gasteiger partial charge in [-0.1, -0.05) is 25.1 Å². The SMILES string of the molecule is CCC(=O)Cc1ccccc1OC(C)O. The van der Waals surface area contributed by atoms with Gasteiger partial charge in [-0.05, 0) is 13.0 Å². The van der Waals surface area contributed by atoms with Crippen molar-refractivity contribution in [3.8, 4) is 5.75 Å². The second-order valence-electron chi connectivity index (χ2n) is 3.39. The molecule has 3 heteroatoms. The third-order valence-corrected chi connectivity index (χ3v) is 2.05. The fourth-order valence-corrected chi connectivity index (χ4v) is 1.29. The van der Waals surface area contributed by atoms with Crippen LogP contribution in [0.25, 0.3) is 0 Å². The minimum absolute atomic E-state index is 0.164. The maximum absolute atomic E-state index is 11.3. The summed E-state index contributed by atoms with van der Waals surface area (Å²) in [5.74, 6) is 0.742. The number of ether oxygens (including phenoxy) is 1. The van der Waals surface area contributed by atoms with Crippen LogP contribution in [0.1, 0.15) is 25.8 Å². The zero-order valence-electron chi connectivity index (χ0n) is 9.06. The van der Waals surface area contributed by atoms with E-state index in [4.69, 9.17) is 9.84 Å². The summed E-state index contributed by atoms with van der Waals surface area (Å²) in [4.78, 5) is 11.3. The highest BCUT2D eigenvalue weighted by molar-refractivity contribution is 5.81. The molecule has 0 bridgehead atoms. The van der Waals surface area contributed by atoms with Gasteiger partial charge in [0.2, 0.25) is 0 Å². The summed E-state index contributed by atoms with van der Waals surface area (Å²) in [5.41, 5.74) is 0.824. The number of hydrogen-bond acceptors (Lipinski definition) is 3. The van der Waals surface area contributed by atoms with E-state index in [0.29, 0.717) is 18.6 Å². The number of aliphatic hydroxyl groups excluding tert-OH is 1. The van der Waals surface area contributed by atoms with Crippen molar-refractivity contribution in [2.75, 3.05) is 0 Å². The van der Waals surface area contributed by atoms with Gasteiger partial charge < -0.3 is 9.84 Å². The van der Waals surface area contributed by atoms with Crippen LogP contribution in [0, 0.1) is 0 Å². The molecule has 0 spiro atoms. The van der Waals surface area contributed by atoms with E-state index in [2.05, 4.69) is 0 Å². The fourth-order valence-electron chi connectivity index (χ4n) is 1.29. The van der Waals surface area contributed by atoms with Crippen molar-refractivity contribution in [3.05, 3.63) is 29.8 Å². The molecule has 0 aromatic heterocycles. The summed E-state index contributed by atoms with van der Waals surface area (Å²) in [6.07, 6.45) is 0.0189. The first-order valence-corrected chi connectivity index (χ1v) is 5.07. The fraction of sp³-hybridized carbons (Fsp3) is 0.417. The Labute approximate surface area is 89.7 Å². The van der Waals surface area contributed by atoms with E-state index in [9.17, 15) is 4.79 Å². The molecular formula is C12H16O3. The van der Waals surface area contributed by atoms with Crippen molar-refractivity contribution in [2.45, 2.75) is 33.0 Å². The number of aliphatic hydroxyl groups is 1. The lowest BCUT2D eigenvalue weighted by Crippen LogP contribution is -2.12. The molecule has 0 aliphatic carbocycles. The Morgan fingerprint density at radius 3 is 2.73 bits per heavy atom. The van der Waals surface area contributed by atoms with Gasteiger partial charge >= 0.3 is 0 Å². The minimum Gasteiger partial charge on any atom is -0.465 e. The van der Waals surface area contributed by atoms with E-state index in [0.717, 1.165) is 5.56 Å². The first kappa shape index (κ1) is 11.7. The molecule has 1 rings (SSSR count). The zero-order valence-corrected chi connectivity index (χ0v) is 9.06. The summed E-state index contributed by atoms with van der Waals surface area (Å²) in [5, 5.41) is 9.11. The Balaban J connectivity index is 2.81. The third kappa shape index (κ3) is 3.72. The van der Waals surface area contributed by atoms with Crippen molar-refractivity contribution in [1.82, 2.24) is 0 Å². The second kappa shape index (κ2) is 5.51. The van der Waals surface area contributed by atoms with Crippen LogP contribution in [0.2, 0.25) is 0 Å². The van der Waals surface area contributed by atoms with Gasteiger partial charge in [0.15, 0.2) is 6.29 Å². The number of carbonyl (C=O) groups excluding carboxylic acids is 1. The molecular weight excluding hydrogens is 192 g/mol. The number of hydrogen-bond donors (Lipinski definition) is 1. The van der Waals surface area contributed by atoms with Gasteiger partial charge in [-0.15, -0.1) is 0 Å². The highest BCUT2D eigenvalue weighted by atomic mass is 16.6. The Bertz CT molecular complexity index is 331. The average Bonchev–Trinajstić information content (AvgIpc) is 2.20. The molecule has 1 aromatic carbocycles. The van der Waals surface area contributed by atoms with Crippen LogP contribution >= 0.6 is 0 Å². The number of benzene rings is 1. The first-order chi connectivity index (χ1) is 7.13. The van der Waals surface area contributed by atoms with Gasteiger partial charge in [0, 0.05) is 18.4 Å². The predicted molar refractivity (Wildman–Crippen MR) is 57.8 cm³/mol. The lowest BCUT2D eigenvalue weighted by atomic mass is 10.1. The second-order valence-corrected chi connectivity index (χ2v) is 3.39. The van der Waals surface area contributed by atoms with Crippen molar-refractivity contribution in [1.29, 1.82) is 0 Å². The molecule has 0 saturated heterocycles. The summed E-state index contributed by atoms with van der Waals surface area (Å²) in [6, 6.07) is 7.26. The maximum Gasteiger partial charge on any atom is 0.194 e. The largest absolute Gasteiger partial charge is 0.465 e. The van der Waals surface area contributed by atoms with E-state index in [-0.39, 0.29) is 5.78 Å². The molecule has 0 fully saturated rings. The molecule has 1 aromatic rings. The number of rotatable bonds is 5. The van der Waals surface area contributed by atoms with Crippen LogP contribution in [-0.2, 0) is 11.2 Å².